The molecule has 0 aliphatic carbocycles. The number of nitrogens with zero attached hydrogens (tertiary/aromatic N) is 2. The summed E-state index contributed by atoms with van der Waals surface area (Å²) in [6.45, 7) is 5.74. The second-order valence-electron chi connectivity index (χ2n) is 6.27. The number of nitrogens with two attached hydrogens (primary N) is 1. The first kappa shape index (κ1) is 17.7. The van der Waals surface area contributed by atoms with Crippen molar-refractivity contribution in [1.29, 1.82) is 0 Å². The molecule has 21 heavy (non-hydrogen) atoms. The Morgan fingerprint density at radius 1 is 1.43 bits per heavy atom. The summed E-state index contributed by atoms with van der Waals surface area (Å²) in [5.41, 5.74) is 4.84. The minimum absolute atomic E-state index is 0.0127. The quantitative estimate of drug-likeness (QED) is 0.282. The molecule has 4 N–H and O–H groups in total. The number of amides is 1. The van der Waals surface area contributed by atoms with Gasteiger partial charge in [0.1, 0.15) is 5.41 Å². The summed E-state index contributed by atoms with van der Waals surface area (Å²) in [6, 6.07) is 0.0127. The molecule has 1 rings (SSSR count). The molecule has 1 amide bonds. The monoisotopic (exact) mass is 300 g/mol. The molecule has 0 aromatic heterocycles. The van der Waals surface area contributed by atoms with Crippen molar-refractivity contribution in [3.63, 3.8) is 0 Å². The Morgan fingerprint density at radius 3 is 2.43 bits per heavy atom. The molecular weight excluding hydrogens is 272 g/mol. The highest BCUT2D eigenvalue weighted by Crippen LogP contribution is 2.31. The van der Waals surface area contributed by atoms with Gasteiger partial charge >= 0.3 is 0 Å². The molecule has 7 nitrogen and oxygen atoms in total. The van der Waals surface area contributed by atoms with E-state index >= 15 is 0 Å². The van der Waals surface area contributed by atoms with E-state index in [1.165, 1.54) is 0 Å². The van der Waals surface area contributed by atoms with Crippen LogP contribution in [-0.2, 0) is 9.53 Å². The Kier molecular flexibility index (Phi) is 6.42. The third kappa shape index (κ3) is 4.31. The number of likely N-dealkylation sites (N-methyl/N-ethyl adjacent to an activating group) is 1. The van der Waals surface area contributed by atoms with Gasteiger partial charge in [0, 0.05) is 25.8 Å². The van der Waals surface area contributed by atoms with Crippen molar-refractivity contribution in [3.05, 3.63) is 0 Å². The molecule has 1 fully saturated rings. The lowest BCUT2D eigenvalue weighted by Gasteiger charge is -2.36. The summed E-state index contributed by atoms with van der Waals surface area (Å²) in [4.78, 5) is 14.8. The van der Waals surface area contributed by atoms with E-state index in [1.54, 1.807) is 0 Å². The molecule has 1 aliphatic rings. The molecule has 1 saturated heterocycles. The maximum absolute atomic E-state index is 12.8. The van der Waals surface area contributed by atoms with E-state index in [-0.39, 0.29) is 17.8 Å². The molecule has 7 heteroatoms. The highest BCUT2D eigenvalue weighted by Gasteiger charge is 2.45. The van der Waals surface area contributed by atoms with Gasteiger partial charge in [-0.2, -0.15) is 0 Å². The molecule has 0 aromatic carbocycles. The van der Waals surface area contributed by atoms with E-state index < -0.39 is 5.41 Å². The van der Waals surface area contributed by atoms with Crippen LogP contribution < -0.4 is 11.1 Å². The van der Waals surface area contributed by atoms with E-state index in [4.69, 9.17) is 15.7 Å². The SMILES string of the molecule is CC(C)C(CN(C)C)NC(=O)C1(C(N)=NO)CCOCC1. The minimum Gasteiger partial charge on any atom is -0.409 e. The lowest BCUT2D eigenvalue weighted by atomic mass is 9.77. The number of ether oxygens (including phenoxy) is 1. The average Bonchev–Trinajstić information content (AvgIpc) is 2.45. The fourth-order valence-electron chi connectivity index (χ4n) is 2.54. The van der Waals surface area contributed by atoms with Gasteiger partial charge < -0.3 is 25.9 Å². The average molecular weight is 300 g/mol. The topological polar surface area (TPSA) is 100 Å². The zero-order valence-corrected chi connectivity index (χ0v) is 13.4. The maximum atomic E-state index is 12.8. The van der Waals surface area contributed by atoms with Crippen LogP contribution in [0.25, 0.3) is 0 Å². The van der Waals surface area contributed by atoms with Crippen LogP contribution >= 0.6 is 0 Å². The van der Waals surface area contributed by atoms with Gasteiger partial charge in [-0.25, -0.2) is 0 Å². The Labute approximate surface area is 126 Å². The van der Waals surface area contributed by atoms with Gasteiger partial charge in [0.25, 0.3) is 0 Å². The lowest BCUT2D eigenvalue weighted by Crippen LogP contribution is -2.57. The van der Waals surface area contributed by atoms with Crippen LogP contribution in [0.5, 0.6) is 0 Å². The van der Waals surface area contributed by atoms with Gasteiger partial charge in [0.15, 0.2) is 5.84 Å². The Balaban J connectivity index is 2.90. The zero-order valence-electron chi connectivity index (χ0n) is 13.4. The molecule has 0 radical (unpaired) electrons. The molecule has 1 unspecified atom stereocenters. The number of carbonyl (C=O) groups excluding carboxylic acids is 1. The Morgan fingerprint density at radius 2 is 2.00 bits per heavy atom. The van der Waals surface area contributed by atoms with Gasteiger partial charge in [-0.05, 0) is 32.9 Å². The summed E-state index contributed by atoms with van der Waals surface area (Å²) in [5, 5.41) is 15.2. The van der Waals surface area contributed by atoms with E-state index in [0.717, 1.165) is 6.54 Å². The lowest BCUT2D eigenvalue weighted by molar-refractivity contribution is -0.132. The molecule has 122 valence electrons. The van der Waals surface area contributed by atoms with Crippen molar-refractivity contribution in [1.82, 2.24) is 10.2 Å². The molecule has 0 aromatic rings. The largest absolute Gasteiger partial charge is 0.409 e. The van der Waals surface area contributed by atoms with Crippen molar-refractivity contribution < 1.29 is 14.7 Å². The number of carbonyl (C=O) groups is 1. The number of amidine groups is 1. The molecule has 1 aliphatic heterocycles. The molecule has 1 atom stereocenters. The number of rotatable bonds is 6. The predicted molar refractivity (Wildman–Crippen MR) is 81.2 cm³/mol. The van der Waals surface area contributed by atoms with Crippen LogP contribution in [0.1, 0.15) is 26.7 Å². The van der Waals surface area contributed by atoms with Crippen LogP contribution in [0.2, 0.25) is 0 Å². The Hall–Kier alpha value is -1.34. The summed E-state index contributed by atoms with van der Waals surface area (Å²) in [6.07, 6.45) is 0.864. The summed E-state index contributed by atoms with van der Waals surface area (Å²) in [5.74, 6) is 0.0813. The second-order valence-corrected chi connectivity index (χ2v) is 6.27. The number of nitrogens with one attached hydrogen (secondary N) is 1. The summed E-state index contributed by atoms with van der Waals surface area (Å²) in [7, 11) is 3.94. The van der Waals surface area contributed by atoms with E-state index in [2.05, 4.69) is 24.3 Å². The van der Waals surface area contributed by atoms with Crippen molar-refractivity contribution in [3.8, 4) is 0 Å². The first-order valence-electron chi connectivity index (χ1n) is 7.35. The molecule has 0 bridgehead atoms. The van der Waals surface area contributed by atoms with Crippen LogP contribution in [0.4, 0.5) is 0 Å². The van der Waals surface area contributed by atoms with Gasteiger partial charge in [0.05, 0.1) is 0 Å². The highest BCUT2D eigenvalue weighted by molar-refractivity contribution is 6.06. The third-order valence-electron chi connectivity index (χ3n) is 4.06. The first-order chi connectivity index (χ1) is 9.83. The minimum atomic E-state index is -0.966. The maximum Gasteiger partial charge on any atom is 0.234 e. The number of hydrogen-bond acceptors (Lipinski definition) is 5. The fourth-order valence-corrected chi connectivity index (χ4v) is 2.54. The third-order valence-corrected chi connectivity index (χ3v) is 4.06. The molecule has 0 saturated carbocycles. The van der Waals surface area contributed by atoms with Crippen molar-refractivity contribution in [2.45, 2.75) is 32.7 Å². The standard InChI is InChI=1S/C14H28N4O3/c1-10(2)11(9-18(3)4)16-13(19)14(12(15)17-20)5-7-21-8-6-14/h10-11,20H,5-9H2,1-4H3,(H2,15,17)(H,16,19). The number of hydrogen-bond donors (Lipinski definition) is 3. The summed E-state index contributed by atoms with van der Waals surface area (Å²) >= 11 is 0. The van der Waals surface area contributed by atoms with E-state index in [1.807, 2.05) is 19.0 Å². The van der Waals surface area contributed by atoms with Gasteiger partial charge in [0.2, 0.25) is 5.91 Å². The van der Waals surface area contributed by atoms with E-state index in [0.29, 0.717) is 32.0 Å². The smallest absolute Gasteiger partial charge is 0.234 e. The van der Waals surface area contributed by atoms with Crippen LogP contribution in [-0.4, -0.2) is 61.7 Å². The highest BCUT2D eigenvalue weighted by atomic mass is 16.5. The molecule has 0 spiro atoms. The van der Waals surface area contributed by atoms with Gasteiger partial charge in [-0.3, -0.25) is 4.79 Å². The first-order valence-corrected chi connectivity index (χ1v) is 7.35. The second kappa shape index (κ2) is 7.61. The normalized spacial score (nSPS) is 20.6. The van der Waals surface area contributed by atoms with Crippen LogP contribution in [0.15, 0.2) is 5.16 Å². The number of oxime groups is 1. The van der Waals surface area contributed by atoms with E-state index in [9.17, 15) is 4.79 Å². The molecular formula is C14H28N4O3. The van der Waals surface area contributed by atoms with Gasteiger partial charge in [-0.1, -0.05) is 19.0 Å². The van der Waals surface area contributed by atoms with Crippen molar-refractivity contribution in [2.75, 3.05) is 33.9 Å². The fraction of sp³-hybridized carbons (Fsp3) is 0.857. The van der Waals surface area contributed by atoms with Gasteiger partial charge in [-0.15, -0.1) is 0 Å². The van der Waals surface area contributed by atoms with Crippen LogP contribution in [0.3, 0.4) is 0 Å². The van der Waals surface area contributed by atoms with Crippen molar-refractivity contribution >= 4 is 11.7 Å². The Bertz CT molecular complexity index is 376. The van der Waals surface area contributed by atoms with Crippen LogP contribution in [0, 0.1) is 11.3 Å². The zero-order chi connectivity index (χ0) is 16.0. The van der Waals surface area contributed by atoms with Crippen molar-refractivity contribution in [2.24, 2.45) is 22.2 Å². The molecule has 1 heterocycles. The summed E-state index contributed by atoms with van der Waals surface area (Å²) < 4.78 is 5.31. The predicted octanol–water partition coefficient (Wildman–Crippen LogP) is 0.232.